The van der Waals surface area contributed by atoms with Crippen molar-refractivity contribution in [1.82, 2.24) is 10.2 Å². The molecule has 0 spiro atoms. The molecule has 22 heavy (non-hydrogen) atoms. The highest BCUT2D eigenvalue weighted by Gasteiger charge is 2.43. The van der Waals surface area contributed by atoms with E-state index >= 15 is 0 Å². The summed E-state index contributed by atoms with van der Waals surface area (Å²) in [6, 6.07) is -0.209. The van der Waals surface area contributed by atoms with Crippen molar-refractivity contribution in [3.63, 3.8) is 0 Å². The van der Waals surface area contributed by atoms with Gasteiger partial charge >= 0.3 is 12.1 Å². The van der Waals surface area contributed by atoms with E-state index in [9.17, 15) is 9.59 Å². The Balaban J connectivity index is 2.14. The average Bonchev–Trinajstić information content (AvgIpc) is 2.35. The topological polar surface area (TPSA) is 67.9 Å². The van der Waals surface area contributed by atoms with E-state index in [0.29, 0.717) is 31.7 Å². The summed E-state index contributed by atoms with van der Waals surface area (Å²) < 4.78 is 10.6. The molecule has 0 aromatic rings. The van der Waals surface area contributed by atoms with Crippen LogP contribution < -0.4 is 5.32 Å². The van der Waals surface area contributed by atoms with Crippen molar-refractivity contribution in [2.45, 2.75) is 58.2 Å². The van der Waals surface area contributed by atoms with E-state index in [4.69, 9.17) is 9.47 Å². The van der Waals surface area contributed by atoms with Gasteiger partial charge in [-0.15, -0.1) is 0 Å². The molecule has 2 aliphatic rings. The SMILES string of the molecule is CCOC(=O)C1=CCC2(C)CN(C(=O)OC(C)(C)C)CC1N2. The van der Waals surface area contributed by atoms with Gasteiger partial charge in [0.25, 0.3) is 0 Å². The third kappa shape index (κ3) is 3.80. The minimum absolute atomic E-state index is 0.209. The van der Waals surface area contributed by atoms with Crippen LogP contribution in [-0.2, 0) is 14.3 Å². The quantitative estimate of drug-likeness (QED) is 0.788. The van der Waals surface area contributed by atoms with Crippen LogP contribution in [0.25, 0.3) is 0 Å². The van der Waals surface area contributed by atoms with Crippen molar-refractivity contribution in [3.05, 3.63) is 11.6 Å². The predicted octanol–water partition coefficient (Wildman–Crippen LogP) is 1.85. The molecule has 1 saturated heterocycles. The molecule has 0 aromatic heterocycles. The van der Waals surface area contributed by atoms with Gasteiger partial charge in [-0.2, -0.15) is 0 Å². The van der Waals surface area contributed by atoms with Crippen molar-refractivity contribution in [2.75, 3.05) is 19.7 Å². The first-order valence-corrected chi connectivity index (χ1v) is 7.76. The average molecular weight is 310 g/mol. The molecular weight excluding hydrogens is 284 g/mol. The lowest BCUT2D eigenvalue weighted by molar-refractivity contribution is -0.139. The lowest BCUT2D eigenvalue weighted by Crippen LogP contribution is -2.67. The number of hydrogen-bond donors (Lipinski definition) is 1. The summed E-state index contributed by atoms with van der Waals surface area (Å²) in [5.74, 6) is -0.312. The molecule has 2 bridgehead atoms. The molecule has 0 aliphatic carbocycles. The van der Waals surface area contributed by atoms with Gasteiger partial charge < -0.3 is 19.7 Å². The molecule has 1 amide bonds. The molecule has 2 rings (SSSR count). The van der Waals surface area contributed by atoms with Crippen molar-refractivity contribution >= 4 is 12.1 Å². The van der Waals surface area contributed by atoms with Gasteiger partial charge in [-0.1, -0.05) is 6.08 Å². The third-order valence-electron chi connectivity index (χ3n) is 3.78. The summed E-state index contributed by atoms with van der Waals surface area (Å²) in [7, 11) is 0. The zero-order valence-electron chi connectivity index (χ0n) is 14.1. The first-order chi connectivity index (χ1) is 10.1. The lowest BCUT2D eigenvalue weighted by atomic mass is 9.84. The van der Waals surface area contributed by atoms with Crippen molar-refractivity contribution in [2.24, 2.45) is 0 Å². The minimum atomic E-state index is -0.530. The molecule has 124 valence electrons. The van der Waals surface area contributed by atoms with Crippen molar-refractivity contribution in [1.29, 1.82) is 0 Å². The third-order valence-corrected chi connectivity index (χ3v) is 3.78. The molecule has 2 aliphatic heterocycles. The van der Waals surface area contributed by atoms with E-state index < -0.39 is 5.60 Å². The fourth-order valence-electron chi connectivity index (χ4n) is 2.90. The number of rotatable bonds is 2. The van der Waals surface area contributed by atoms with E-state index in [2.05, 4.69) is 12.2 Å². The molecule has 1 fully saturated rings. The molecule has 6 heteroatoms. The predicted molar refractivity (Wildman–Crippen MR) is 82.5 cm³/mol. The van der Waals surface area contributed by atoms with Crippen LogP contribution in [0.3, 0.4) is 0 Å². The Bertz CT molecular complexity index is 495. The number of amides is 1. The molecule has 2 heterocycles. The Hall–Kier alpha value is -1.56. The number of nitrogens with zero attached hydrogens (tertiary/aromatic N) is 1. The molecule has 0 aromatic carbocycles. The fraction of sp³-hybridized carbons (Fsp3) is 0.750. The van der Waals surface area contributed by atoms with Gasteiger partial charge in [0.05, 0.1) is 18.2 Å². The number of ether oxygens (including phenoxy) is 2. The van der Waals surface area contributed by atoms with Crippen molar-refractivity contribution < 1.29 is 19.1 Å². The first-order valence-electron chi connectivity index (χ1n) is 7.76. The maximum Gasteiger partial charge on any atom is 0.410 e. The summed E-state index contributed by atoms with van der Waals surface area (Å²) in [6.07, 6.45) is 2.28. The molecule has 0 saturated carbocycles. The summed E-state index contributed by atoms with van der Waals surface area (Å²) in [5, 5.41) is 3.45. The van der Waals surface area contributed by atoms with Crippen LogP contribution in [0.1, 0.15) is 41.0 Å². The Kier molecular flexibility index (Phi) is 4.52. The molecule has 1 N–H and O–H groups in total. The molecular formula is C16H26N2O4. The van der Waals surface area contributed by atoms with Crippen LogP contribution in [0, 0.1) is 0 Å². The number of hydrogen-bond acceptors (Lipinski definition) is 5. The minimum Gasteiger partial charge on any atom is -0.463 e. The molecule has 6 nitrogen and oxygen atoms in total. The van der Waals surface area contributed by atoms with E-state index in [-0.39, 0.29) is 23.6 Å². The Labute approximate surface area is 131 Å². The Morgan fingerprint density at radius 2 is 2.14 bits per heavy atom. The van der Waals surface area contributed by atoms with Gasteiger partial charge in [0.1, 0.15) is 5.60 Å². The Morgan fingerprint density at radius 3 is 2.73 bits per heavy atom. The molecule has 2 atom stereocenters. The standard InChI is InChI=1S/C16H26N2O4/c1-6-21-13(19)11-7-8-16(5)10-18(9-12(11)17-16)14(20)22-15(2,3)4/h7,12,17H,6,8-10H2,1-5H3. The highest BCUT2D eigenvalue weighted by Crippen LogP contribution is 2.29. The lowest BCUT2D eigenvalue weighted by Gasteiger charge is -2.48. The second-order valence-electron chi connectivity index (χ2n) is 7.20. The van der Waals surface area contributed by atoms with Gasteiger partial charge in [0, 0.05) is 18.6 Å². The first kappa shape index (κ1) is 16.8. The monoisotopic (exact) mass is 310 g/mol. The number of nitrogens with one attached hydrogen (secondary N) is 1. The maximum atomic E-state index is 12.3. The smallest absolute Gasteiger partial charge is 0.410 e. The summed E-state index contributed by atoms with van der Waals surface area (Å²) in [6.45, 7) is 10.7. The van der Waals surface area contributed by atoms with E-state index in [1.165, 1.54) is 0 Å². The number of esters is 1. The number of carbonyl (C=O) groups excluding carboxylic acids is 2. The van der Waals surface area contributed by atoms with Crippen LogP contribution in [0.2, 0.25) is 0 Å². The zero-order valence-corrected chi connectivity index (χ0v) is 14.1. The summed E-state index contributed by atoms with van der Waals surface area (Å²) in [4.78, 5) is 26.1. The highest BCUT2D eigenvalue weighted by atomic mass is 16.6. The van der Waals surface area contributed by atoms with Gasteiger partial charge in [-0.3, -0.25) is 0 Å². The Morgan fingerprint density at radius 1 is 1.45 bits per heavy atom. The highest BCUT2D eigenvalue weighted by molar-refractivity contribution is 5.90. The number of fused-ring (bicyclic) bond motifs is 2. The van der Waals surface area contributed by atoms with Crippen molar-refractivity contribution in [3.8, 4) is 0 Å². The molecule has 0 radical (unpaired) electrons. The van der Waals surface area contributed by atoms with Gasteiger partial charge in [0.2, 0.25) is 0 Å². The largest absolute Gasteiger partial charge is 0.463 e. The maximum absolute atomic E-state index is 12.3. The second kappa shape index (κ2) is 5.91. The second-order valence-corrected chi connectivity index (χ2v) is 7.20. The van der Waals surface area contributed by atoms with Crippen LogP contribution in [0.15, 0.2) is 11.6 Å². The van der Waals surface area contributed by atoms with Crippen LogP contribution >= 0.6 is 0 Å². The summed E-state index contributed by atoms with van der Waals surface area (Å²) in [5.41, 5.74) is -0.166. The number of piperazine rings is 1. The van der Waals surface area contributed by atoms with Gasteiger partial charge in [-0.25, -0.2) is 9.59 Å². The molecule has 2 unspecified atom stereocenters. The summed E-state index contributed by atoms with van der Waals surface area (Å²) >= 11 is 0. The van der Waals surface area contributed by atoms with Crippen LogP contribution in [0.4, 0.5) is 4.79 Å². The van der Waals surface area contributed by atoms with Crippen LogP contribution in [0.5, 0.6) is 0 Å². The van der Waals surface area contributed by atoms with Gasteiger partial charge in [-0.05, 0) is 41.0 Å². The normalized spacial score (nSPS) is 28.0. The van der Waals surface area contributed by atoms with Gasteiger partial charge in [0.15, 0.2) is 0 Å². The van der Waals surface area contributed by atoms with Crippen LogP contribution in [-0.4, -0.2) is 53.8 Å². The van der Waals surface area contributed by atoms with E-state index in [1.54, 1.807) is 11.8 Å². The van der Waals surface area contributed by atoms with E-state index in [0.717, 1.165) is 0 Å². The fourth-order valence-corrected chi connectivity index (χ4v) is 2.90. The number of carbonyl (C=O) groups is 2. The zero-order chi connectivity index (χ0) is 16.5. The van der Waals surface area contributed by atoms with E-state index in [1.807, 2.05) is 26.8 Å².